The van der Waals surface area contributed by atoms with Crippen LogP contribution in [0.5, 0.6) is 0 Å². The molecular weight excluding hydrogens is 426 g/mol. The fourth-order valence-corrected chi connectivity index (χ4v) is 4.70. The van der Waals surface area contributed by atoms with Gasteiger partial charge in [-0.15, -0.1) is 0 Å². The van der Waals surface area contributed by atoms with Crippen molar-refractivity contribution in [3.8, 4) is 11.1 Å². The quantitative estimate of drug-likeness (QED) is 0.537. The minimum absolute atomic E-state index is 0.00299. The summed E-state index contributed by atoms with van der Waals surface area (Å²) in [6.07, 6.45) is 6.87. The molecule has 0 bridgehead atoms. The number of nitrogens with one attached hydrogen (secondary N) is 2. The Balaban J connectivity index is 1.46. The zero-order chi connectivity index (χ0) is 22.7. The molecule has 32 heavy (non-hydrogen) atoms. The van der Waals surface area contributed by atoms with Crippen LogP contribution in [0.15, 0.2) is 55.0 Å². The molecule has 1 unspecified atom stereocenters. The van der Waals surface area contributed by atoms with Crippen molar-refractivity contribution < 1.29 is 13.2 Å². The molecule has 1 aromatic carbocycles. The number of sulfonamides is 1. The van der Waals surface area contributed by atoms with Crippen LogP contribution in [-0.2, 0) is 14.8 Å². The van der Waals surface area contributed by atoms with Crippen molar-refractivity contribution in [1.82, 2.24) is 15.0 Å². The van der Waals surface area contributed by atoms with Crippen molar-refractivity contribution in [2.24, 2.45) is 0 Å². The molecule has 1 fully saturated rings. The molecule has 1 amide bonds. The van der Waals surface area contributed by atoms with E-state index in [9.17, 15) is 13.2 Å². The maximum absolute atomic E-state index is 12.9. The van der Waals surface area contributed by atoms with Gasteiger partial charge in [0, 0.05) is 29.8 Å². The summed E-state index contributed by atoms with van der Waals surface area (Å²) < 4.78 is 26.8. The average molecular weight is 452 g/mol. The average Bonchev–Trinajstić information content (AvgIpc) is 3.61. The van der Waals surface area contributed by atoms with E-state index in [0.717, 1.165) is 16.7 Å². The largest absolute Gasteiger partial charge is 0.326 e. The van der Waals surface area contributed by atoms with Crippen molar-refractivity contribution in [3.05, 3.63) is 66.2 Å². The summed E-state index contributed by atoms with van der Waals surface area (Å²) in [4.78, 5) is 25.5. The van der Waals surface area contributed by atoms with E-state index in [2.05, 4.69) is 31.1 Å². The van der Waals surface area contributed by atoms with Gasteiger partial charge in [-0.05, 0) is 61.6 Å². The maximum atomic E-state index is 12.9. The standard InChI is InChI=1S/C23H25N5O3S/c1-3-20(21-10-11-25-23(27-21)28-32(30,31)19-8-9-19)22(29)26-18-6-4-16(5-7-18)17-12-15(2)13-24-14-17/h4-7,10-14,19-20H,3,8-9H2,1-2H3,(H,26,29)(H,25,27,28). The normalized spacial score (nSPS) is 14.6. The fourth-order valence-electron chi connectivity index (χ4n) is 3.42. The van der Waals surface area contributed by atoms with E-state index in [-0.39, 0.29) is 17.1 Å². The molecule has 0 saturated heterocycles. The Labute approximate surface area is 187 Å². The van der Waals surface area contributed by atoms with Gasteiger partial charge in [0.15, 0.2) is 0 Å². The number of amides is 1. The predicted octanol–water partition coefficient (Wildman–Crippen LogP) is 3.88. The third-order valence-corrected chi connectivity index (χ3v) is 7.13. The Morgan fingerprint density at radius 3 is 2.53 bits per heavy atom. The van der Waals surface area contributed by atoms with Gasteiger partial charge >= 0.3 is 0 Å². The predicted molar refractivity (Wildman–Crippen MR) is 124 cm³/mol. The third kappa shape index (κ3) is 5.11. The molecule has 1 aliphatic rings. The smallest absolute Gasteiger partial charge is 0.237 e. The van der Waals surface area contributed by atoms with Crippen LogP contribution in [0.3, 0.4) is 0 Å². The lowest BCUT2D eigenvalue weighted by molar-refractivity contribution is -0.117. The molecule has 0 radical (unpaired) electrons. The summed E-state index contributed by atoms with van der Waals surface area (Å²) in [6.45, 7) is 3.87. The maximum Gasteiger partial charge on any atom is 0.237 e. The van der Waals surface area contributed by atoms with Crippen LogP contribution in [0.4, 0.5) is 11.6 Å². The third-order valence-electron chi connectivity index (χ3n) is 5.32. The molecule has 4 rings (SSSR count). The molecule has 2 N–H and O–H groups in total. The molecule has 2 heterocycles. The summed E-state index contributed by atoms with van der Waals surface area (Å²) in [5.74, 6) is -0.758. The number of carbonyl (C=O) groups excluding carboxylic acids is 1. The molecule has 0 spiro atoms. The zero-order valence-corrected chi connectivity index (χ0v) is 18.8. The minimum Gasteiger partial charge on any atom is -0.326 e. The molecule has 1 aliphatic carbocycles. The lowest BCUT2D eigenvalue weighted by atomic mass is 10.0. The second kappa shape index (κ2) is 9.04. The van der Waals surface area contributed by atoms with Crippen LogP contribution in [0.2, 0.25) is 0 Å². The van der Waals surface area contributed by atoms with Gasteiger partial charge in [-0.25, -0.2) is 18.4 Å². The van der Waals surface area contributed by atoms with Crippen LogP contribution in [0.25, 0.3) is 11.1 Å². The van der Waals surface area contributed by atoms with Gasteiger partial charge in [0.1, 0.15) is 0 Å². The van der Waals surface area contributed by atoms with Crippen molar-refractivity contribution >= 4 is 27.6 Å². The molecule has 1 atom stereocenters. The first-order valence-electron chi connectivity index (χ1n) is 10.5. The number of hydrogen-bond acceptors (Lipinski definition) is 6. The molecule has 8 nitrogen and oxygen atoms in total. The van der Waals surface area contributed by atoms with Crippen LogP contribution in [-0.4, -0.2) is 34.5 Å². The first-order valence-corrected chi connectivity index (χ1v) is 12.1. The van der Waals surface area contributed by atoms with E-state index in [1.165, 1.54) is 6.20 Å². The zero-order valence-electron chi connectivity index (χ0n) is 17.9. The molecule has 0 aliphatic heterocycles. The lowest BCUT2D eigenvalue weighted by Crippen LogP contribution is -2.23. The Morgan fingerprint density at radius 1 is 1.12 bits per heavy atom. The Morgan fingerprint density at radius 2 is 1.88 bits per heavy atom. The van der Waals surface area contributed by atoms with Crippen molar-refractivity contribution in [3.63, 3.8) is 0 Å². The minimum atomic E-state index is -3.47. The fraction of sp³-hybridized carbons (Fsp3) is 0.304. The number of aromatic nitrogens is 3. The van der Waals surface area contributed by atoms with Crippen LogP contribution < -0.4 is 10.0 Å². The van der Waals surface area contributed by atoms with Crippen LogP contribution in [0.1, 0.15) is 43.4 Å². The first kappa shape index (κ1) is 21.9. The highest BCUT2D eigenvalue weighted by molar-refractivity contribution is 7.93. The molecule has 166 valence electrons. The summed E-state index contributed by atoms with van der Waals surface area (Å²) in [5, 5.41) is 2.55. The van der Waals surface area contributed by atoms with Gasteiger partial charge in [0.25, 0.3) is 0 Å². The van der Waals surface area contributed by atoms with E-state index in [0.29, 0.717) is 30.6 Å². The SMILES string of the molecule is CCC(C(=O)Nc1ccc(-c2cncc(C)c2)cc1)c1ccnc(NS(=O)(=O)C2CC2)n1. The van der Waals surface area contributed by atoms with Gasteiger partial charge < -0.3 is 5.32 Å². The summed E-state index contributed by atoms with van der Waals surface area (Å²) in [7, 11) is -3.47. The number of aryl methyl sites for hydroxylation is 1. The Kier molecular flexibility index (Phi) is 6.18. The molecule has 2 aromatic heterocycles. The molecule has 3 aromatic rings. The summed E-state index contributed by atoms with van der Waals surface area (Å²) >= 11 is 0. The van der Waals surface area contributed by atoms with Crippen molar-refractivity contribution in [2.75, 3.05) is 10.0 Å². The highest BCUT2D eigenvalue weighted by Gasteiger charge is 2.36. The van der Waals surface area contributed by atoms with Gasteiger partial charge in [-0.1, -0.05) is 19.1 Å². The Hall–Kier alpha value is -3.33. The number of hydrogen-bond donors (Lipinski definition) is 2. The van der Waals surface area contributed by atoms with Gasteiger partial charge in [-0.2, -0.15) is 0 Å². The van der Waals surface area contributed by atoms with E-state index >= 15 is 0 Å². The van der Waals surface area contributed by atoms with E-state index in [4.69, 9.17) is 0 Å². The van der Waals surface area contributed by atoms with E-state index in [1.54, 1.807) is 18.5 Å². The van der Waals surface area contributed by atoms with E-state index in [1.807, 2.05) is 38.1 Å². The molecule has 1 saturated carbocycles. The second-order valence-electron chi connectivity index (χ2n) is 7.93. The number of nitrogens with zero attached hydrogens (tertiary/aromatic N) is 3. The van der Waals surface area contributed by atoms with Crippen molar-refractivity contribution in [2.45, 2.75) is 44.3 Å². The second-order valence-corrected chi connectivity index (χ2v) is 9.89. The van der Waals surface area contributed by atoms with Gasteiger partial charge in [0.2, 0.25) is 21.9 Å². The number of anilines is 2. The monoisotopic (exact) mass is 451 g/mol. The highest BCUT2D eigenvalue weighted by Crippen LogP contribution is 2.29. The Bertz CT molecular complexity index is 1220. The number of carbonyl (C=O) groups is 1. The van der Waals surface area contributed by atoms with E-state index < -0.39 is 15.9 Å². The molecule has 9 heteroatoms. The first-order chi connectivity index (χ1) is 15.4. The molecular formula is C23H25N5O3S. The summed E-state index contributed by atoms with van der Waals surface area (Å²) in [6, 6.07) is 11.2. The number of pyridine rings is 1. The number of rotatable bonds is 8. The van der Waals surface area contributed by atoms with Crippen LogP contribution >= 0.6 is 0 Å². The van der Waals surface area contributed by atoms with Gasteiger partial charge in [0.05, 0.1) is 16.9 Å². The van der Waals surface area contributed by atoms with Crippen molar-refractivity contribution in [1.29, 1.82) is 0 Å². The highest BCUT2D eigenvalue weighted by atomic mass is 32.2. The number of benzene rings is 1. The van der Waals surface area contributed by atoms with Crippen LogP contribution in [0, 0.1) is 6.92 Å². The lowest BCUT2D eigenvalue weighted by Gasteiger charge is -2.16. The summed E-state index contributed by atoms with van der Waals surface area (Å²) in [5.41, 5.74) is 4.23. The topological polar surface area (TPSA) is 114 Å². The van der Waals surface area contributed by atoms with Gasteiger partial charge in [-0.3, -0.25) is 14.5 Å².